The fraction of sp³-hybridized carbons (Fsp3) is 0.667. The summed E-state index contributed by atoms with van der Waals surface area (Å²) in [6, 6.07) is 0. The van der Waals surface area contributed by atoms with Gasteiger partial charge in [-0.05, 0) is 13.8 Å². The molecule has 0 rings (SSSR count). The third-order valence-corrected chi connectivity index (χ3v) is 0.909. The van der Waals surface area contributed by atoms with Crippen molar-refractivity contribution in [1.29, 1.82) is 0 Å². The van der Waals surface area contributed by atoms with Crippen molar-refractivity contribution in [2.24, 2.45) is 0 Å². The maximum atomic E-state index is 12.1. The molecule has 0 saturated carbocycles. The van der Waals surface area contributed by atoms with E-state index in [-0.39, 0.29) is 6.33 Å². The summed E-state index contributed by atoms with van der Waals surface area (Å²) in [5, 5.41) is 0. The molecule has 9 heavy (non-hydrogen) atoms. The lowest BCUT2D eigenvalue weighted by molar-refractivity contribution is 0.0840. The number of hydrogen-bond acceptors (Lipinski definition) is 1. The van der Waals surface area contributed by atoms with Crippen LogP contribution < -0.4 is 0 Å². The second-order valence-corrected chi connectivity index (χ2v) is 1.59. The van der Waals surface area contributed by atoms with E-state index in [0.29, 0.717) is 6.61 Å². The van der Waals surface area contributed by atoms with E-state index in [4.69, 9.17) is 4.74 Å². The Balaban J connectivity index is 3.59. The lowest BCUT2D eigenvalue weighted by Crippen LogP contribution is -2.07. The maximum Gasteiger partial charge on any atom is 0.156 e. The molecule has 0 spiro atoms. The van der Waals surface area contributed by atoms with Gasteiger partial charge in [-0.1, -0.05) is 0 Å². The zero-order chi connectivity index (χ0) is 7.28. The summed E-state index contributed by atoms with van der Waals surface area (Å²) >= 11 is 0. The van der Waals surface area contributed by atoms with Gasteiger partial charge in [-0.25, -0.2) is 8.78 Å². The summed E-state index contributed by atoms with van der Waals surface area (Å²) in [5.74, 6) is -0.864. The predicted molar refractivity (Wildman–Crippen MR) is 31.4 cm³/mol. The molecule has 0 heterocycles. The molecule has 1 atom stereocenters. The van der Waals surface area contributed by atoms with Gasteiger partial charge in [0.1, 0.15) is 12.4 Å². The van der Waals surface area contributed by atoms with Crippen LogP contribution in [-0.4, -0.2) is 12.7 Å². The average molecular weight is 136 g/mol. The summed E-state index contributed by atoms with van der Waals surface area (Å²) in [6.07, 6.45) is -0.833. The molecule has 0 N–H and O–H groups in total. The van der Waals surface area contributed by atoms with E-state index in [1.54, 1.807) is 6.92 Å². The first kappa shape index (κ1) is 8.56. The van der Waals surface area contributed by atoms with Gasteiger partial charge in [-0.3, -0.25) is 0 Å². The van der Waals surface area contributed by atoms with E-state index in [1.165, 1.54) is 6.92 Å². The Hall–Kier alpha value is -0.440. The first-order valence-electron chi connectivity index (χ1n) is 2.79. The summed E-state index contributed by atoms with van der Waals surface area (Å²) in [7, 11) is 0. The minimum atomic E-state index is -0.864. The highest BCUT2D eigenvalue weighted by Gasteiger charge is 2.05. The van der Waals surface area contributed by atoms with Gasteiger partial charge in [0.15, 0.2) is 5.83 Å². The number of ether oxygens (including phenoxy) is 1. The van der Waals surface area contributed by atoms with Crippen molar-refractivity contribution in [3.05, 3.63) is 12.2 Å². The van der Waals surface area contributed by atoms with Crippen LogP contribution in [0.4, 0.5) is 8.78 Å². The quantitative estimate of drug-likeness (QED) is 0.577. The Kier molecular flexibility index (Phi) is 4.22. The highest BCUT2D eigenvalue weighted by Crippen LogP contribution is 2.06. The van der Waals surface area contributed by atoms with Crippen molar-refractivity contribution in [3.8, 4) is 0 Å². The highest BCUT2D eigenvalue weighted by molar-refractivity contribution is 4.91. The lowest BCUT2D eigenvalue weighted by atomic mass is 10.4. The molecule has 0 radical (unpaired) electrons. The average Bonchev–Trinajstić information content (AvgIpc) is 1.87. The molecule has 0 aliphatic carbocycles. The molecule has 1 nitrogen and oxygen atoms in total. The molecule has 0 saturated heterocycles. The molecule has 0 amide bonds. The largest absolute Gasteiger partial charge is 0.372 e. The third kappa shape index (κ3) is 3.19. The zero-order valence-electron chi connectivity index (χ0n) is 5.53. The highest BCUT2D eigenvalue weighted by atomic mass is 19.2. The van der Waals surface area contributed by atoms with Crippen LogP contribution in [0.15, 0.2) is 12.2 Å². The van der Waals surface area contributed by atoms with Crippen LogP contribution in [0.5, 0.6) is 0 Å². The van der Waals surface area contributed by atoms with E-state index in [0.717, 1.165) is 0 Å². The molecule has 0 aliphatic heterocycles. The van der Waals surface area contributed by atoms with Crippen LogP contribution in [0.1, 0.15) is 13.8 Å². The number of rotatable bonds is 3. The van der Waals surface area contributed by atoms with Gasteiger partial charge in [0, 0.05) is 6.61 Å². The van der Waals surface area contributed by atoms with Gasteiger partial charge in [0.25, 0.3) is 0 Å². The van der Waals surface area contributed by atoms with Gasteiger partial charge in [0.2, 0.25) is 0 Å². The second kappa shape index (κ2) is 4.44. The first-order chi connectivity index (χ1) is 4.22. The van der Waals surface area contributed by atoms with Crippen molar-refractivity contribution < 1.29 is 13.5 Å². The minimum absolute atomic E-state index is 0.0830. The van der Waals surface area contributed by atoms with E-state index in [2.05, 4.69) is 0 Å². The normalized spacial score (nSPS) is 15.8. The Labute approximate surface area is 53.3 Å². The fourth-order valence-electron chi connectivity index (χ4n) is 0.418. The zero-order valence-corrected chi connectivity index (χ0v) is 5.53. The molecule has 0 fully saturated rings. The van der Waals surface area contributed by atoms with Crippen molar-refractivity contribution in [1.82, 2.24) is 0 Å². The number of halogens is 2. The molecule has 3 heteroatoms. The van der Waals surface area contributed by atoms with Crippen LogP contribution in [-0.2, 0) is 4.74 Å². The molecule has 54 valence electrons. The van der Waals surface area contributed by atoms with E-state index >= 15 is 0 Å². The van der Waals surface area contributed by atoms with Crippen LogP contribution >= 0.6 is 0 Å². The van der Waals surface area contributed by atoms with E-state index < -0.39 is 11.9 Å². The molecule has 0 aliphatic rings. The smallest absolute Gasteiger partial charge is 0.156 e. The minimum Gasteiger partial charge on any atom is -0.372 e. The van der Waals surface area contributed by atoms with Gasteiger partial charge in [-0.2, -0.15) is 0 Å². The standard InChI is InChI=1S/C6H10F2O/c1-3-9-5(2)6(8)4-7/h4-5H,3H2,1-2H3/b6-4-. The van der Waals surface area contributed by atoms with Gasteiger partial charge in [0.05, 0.1) is 0 Å². The van der Waals surface area contributed by atoms with Crippen LogP contribution in [0.25, 0.3) is 0 Å². The first-order valence-corrected chi connectivity index (χ1v) is 2.79. The van der Waals surface area contributed by atoms with Gasteiger partial charge >= 0.3 is 0 Å². The van der Waals surface area contributed by atoms with Crippen molar-refractivity contribution in [2.45, 2.75) is 20.0 Å². The molecule has 0 bridgehead atoms. The van der Waals surface area contributed by atoms with Crippen LogP contribution in [0, 0.1) is 0 Å². The Morgan fingerprint density at radius 1 is 1.78 bits per heavy atom. The van der Waals surface area contributed by atoms with Crippen molar-refractivity contribution in [2.75, 3.05) is 6.61 Å². The topological polar surface area (TPSA) is 9.23 Å². The molecule has 0 aromatic heterocycles. The number of hydrogen-bond donors (Lipinski definition) is 0. The maximum absolute atomic E-state index is 12.1. The van der Waals surface area contributed by atoms with Crippen LogP contribution in [0.2, 0.25) is 0 Å². The monoisotopic (exact) mass is 136 g/mol. The molecule has 1 unspecified atom stereocenters. The summed E-state index contributed by atoms with van der Waals surface area (Å²) in [6.45, 7) is 3.57. The summed E-state index contributed by atoms with van der Waals surface area (Å²) in [5.41, 5.74) is 0. The second-order valence-electron chi connectivity index (χ2n) is 1.59. The Morgan fingerprint density at radius 3 is 2.67 bits per heavy atom. The summed E-state index contributed by atoms with van der Waals surface area (Å²) < 4.78 is 28.1. The lowest BCUT2D eigenvalue weighted by Gasteiger charge is -2.06. The van der Waals surface area contributed by atoms with Crippen molar-refractivity contribution >= 4 is 0 Å². The predicted octanol–water partition coefficient (Wildman–Crippen LogP) is 2.19. The Bertz CT molecular complexity index is 101. The molecular weight excluding hydrogens is 126 g/mol. The van der Waals surface area contributed by atoms with Crippen molar-refractivity contribution in [3.63, 3.8) is 0 Å². The Morgan fingerprint density at radius 2 is 2.33 bits per heavy atom. The van der Waals surface area contributed by atoms with E-state index in [9.17, 15) is 8.78 Å². The molecular formula is C6H10F2O. The SMILES string of the molecule is CCOC(C)/C(F)=C/F. The van der Waals surface area contributed by atoms with E-state index in [1.807, 2.05) is 0 Å². The van der Waals surface area contributed by atoms with Gasteiger partial charge in [-0.15, -0.1) is 0 Å². The summed E-state index contributed by atoms with van der Waals surface area (Å²) in [4.78, 5) is 0. The molecule has 0 aromatic rings. The third-order valence-electron chi connectivity index (χ3n) is 0.909. The van der Waals surface area contributed by atoms with Crippen LogP contribution in [0.3, 0.4) is 0 Å². The van der Waals surface area contributed by atoms with Gasteiger partial charge < -0.3 is 4.74 Å². The molecule has 0 aromatic carbocycles. The fourth-order valence-corrected chi connectivity index (χ4v) is 0.418.